The lowest BCUT2D eigenvalue weighted by atomic mass is 10.1. The molecule has 4 heteroatoms. The van der Waals surface area contributed by atoms with Crippen LogP contribution in [-0.4, -0.2) is 30.3 Å². The number of carbonyl (C=O) groups excluding carboxylic acids is 1. The highest BCUT2D eigenvalue weighted by Gasteiger charge is 2.32. The predicted octanol–water partition coefficient (Wildman–Crippen LogP) is 2.37. The number of aliphatic hydroxyl groups is 1. The summed E-state index contributed by atoms with van der Waals surface area (Å²) in [4.78, 5) is 12.5. The fraction of sp³-hybridized carbons (Fsp3) is 0.588. The van der Waals surface area contributed by atoms with Crippen molar-refractivity contribution in [3.63, 3.8) is 0 Å². The van der Waals surface area contributed by atoms with Gasteiger partial charge in [-0.2, -0.15) is 0 Å². The Bertz CT molecular complexity index is 495. The maximum Gasteiger partial charge on any atom is 0.255 e. The van der Waals surface area contributed by atoms with Crippen molar-refractivity contribution in [2.75, 3.05) is 13.2 Å². The van der Waals surface area contributed by atoms with E-state index in [0.29, 0.717) is 36.2 Å². The van der Waals surface area contributed by atoms with E-state index in [2.05, 4.69) is 5.32 Å². The molecule has 1 atom stereocenters. The average molecular weight is 289 g/mol. The van der Waals surface area contributed by atoms with E-state index in [1.807, 2.05) is 18.2 Å². The average Bonchev–Trinajstić information content (AvgIpc) is 3.39. The molecule has 1 aromatic carbocycles. The fourth-order valence-corrected chi connectivity index (χ4v) is 2.58. The number of para-hydroxylation sites is 1. The first-order valence-electron chi connectivity index (χ1n) is 7.91. The van der Waals surface area contributed by atoms with Gasteiger partial charge in [-0.25, -0.2) is 0 Å². The first-order valence-corrected chi connectivity index (χ1v) is 7.91. The van der Waals surface area contributed by atoms with E-state index in [0.717, 1.165) is 12.8 Å². The molecule has 2 aliphatic carbocycles. The van der Waals surface area contributed by atoms with E-state index in [1.54, 1.807) is 6.07 Å². The molecule has 2 saturated carbocycles. The van der Waals surface area contributed by atoms with Gasteiger partial charge in [-0.15, -0.1) is 0 Å². The van der Waals surface area contributed by atoms with E-state index in [1.165, 1.54) is 12.8 Å². The molecular weight excluding hydrogens is 266 g/mol. The van der Waals surface area contributed by atoms with Gasteiger partial charge in [0.05, 0.1) is 12.2 Å². The number of rotatable bonds is 8. The minimum Gasteiger partial charge on any atom is -0.492 e. The zero-order valence-corrected chi connectivity index (χ0v) is 12.3. The summed E-state index contributed by atoms with van der Waals surface area (Å²) < 4.78 is 5.79. The number of benzene rings is 1. The Labute approximate surface area is 125 Å². The largest absolute Gasteiger partial charge is 0.492 e. The van der Waals surface area contributed by atoms with Gasteiger partial charge in [-0.1, -0.05) is 12.1 Å². The third kappa shape index (κ3) is 3.97. The molecule has 4 nitrogen and oxygen atoms in total. The second-order valence-electron chi connectivity index (χ2n) is 6.18. The summed E-state index contributed by atoms with van der Waals surface area (Å²) >= 11 is 0. The topological polar surface area (TPSA) is 58.6 Å². The van der Waals surface area contributed by atoms with Gasteiger partial charge in [0, 0.05) is 12.6 Å². The molecule has 2 aliphatic rings. The number of nitrogens with one attached hydrogen (secondary N) is 1. The van der Waals surface area contributed by atoms with Crippen molar-refractivity contribution in [1.82, 2.24) is 5.32 Å². The lowest BCUT2D eigenvalue weighted by Gasteiger charge is -2.18. The SMILES string of the molecule is O=C(NC(CCO)C1CC1)c1ccccc1OCC1CC1. The molecule has 0 spiro atoms. The summed E-state index contributed by atoms with van der Waals surface area (Å²) in [5, 5.41) is 12.2. The van der Waals surface area contributed by atoms with Gasteiger partial charge in [0.1, 0.15) is 5.75 Å². The number of hydrogen-bond acceptors (Lipinski definition) is 3. The summed E-state index contributed by atoms with van der Waals surface area (Å²) in [6, 6.07) is 7.50. The number of amides is 1. The van der Waals surface area contributed by atoms with Crippen LogP contribution in [0.25, 0.3) is 0 Å². The number of carbonyl (C=O) groups is 1. The van der Waals surface area contributed by atoms with Crippen LogP contribution in [0.1, 0.15) is 42.5 Å². The summed E-state index contributed by atoms with van der Waals surface area (Å²) in [6.45, 7) is 0.814. The van der Waals surface area contributed by atoms with Gasteiger partial charge >= 0.3 is 0 Å². The van der Waals surface area contributed by atoms with Crippen LogP contribution in [0, 0.1) is 11.8 Å². The second kappa shape index (κ2) is 6.48. The number of aliphatic hydroxyl groups excluding tert-OH is 1. The molecule has 2 N–H and O–H groups in total. The van der Waals surface area contributed by atoms with Gasteiger partial charge in [0.2, 0.25) is 0 Å². The summed E-state index contributed by atoms with van der Waals surface area (Å²) in [7, 11) is 0. The maximum atomic E-state index is 12.5. The lowest BCUT2D eigenvalue weighted by Crippen LogP contribution is -2.37. The molecule has 0 aliphatic heterocycles. The summed E-state index contributed by atoms with van der Waals surface area (Å²) in [5.41, 5.74) is 0.599. The molecule has 0 heterocycles. The van der Waals surface area contributed by atoms with Crippen molar-refractivity contribution in [3.8, 4) is 5.75 Å². The zero-order chi connectivity index (χ0) is 14.7. The third-order valence-corrected chi connectivity index (χ3v) is 4.25. The van der Waals surface area contributed by atoms with Gasteiger partial charge in [0.25, 0.3) is 5.91 Å². The second-order valence-corrected chi connectivity index (χ2v) is 6.18. The standard InChI is InChI=1S/C17H23NO3/c19-10-9-15(13-7-8-13)18-17(20)14-3-1-2-4-16(14)21-11-12-5-6-12/h1-4,12-13,15,19H,5-11H2,(H,18,20). The Hall–Kier alpha value is -1.55. The Morgan fingerprint density at radius 2 is 2.05 bits per heavy atom. The molecule has 0 radical (unpaired) electrons. The Morgan fingerprint density at radius 1 is 1.29 bits per heavy atom. The van der Waals surface area contributed by atoms with E-state index in [-0.39, 0.29) is 18.6 Å². The number of ether oxygens (including phenoxy) is 1. The van der Waals surface area contributed by atoms with Crippen molar-refractivity contribution in [1.29, 1.82) is 0 Å². The smallest absolute Gasteiger partial charge is 0.255 e. The Morgan fingerprint density at radius 3 is 2.71 bits per heavy atom. The quantitative estimate of drug-likeness (QED) is 0.772. The van der Waals surface area contributed by atoms with Crippen LogP contribution in [0.4, 0.5) is 0 Å². The van der Waals surface area contributed by atoms with Gasteiger partial charge in [-0.3, -0.25) is 4.79 Å². The minimum absolute atomic E-state index is 0.0824. The van der Waals surface area contributed by atoms with Crippen LogP contribution in [0.2, 0.25) is 0 Å². The molecule has 0 aromatic heterocycles. The summed E-state index contributed by atoms with van der Waals surface area (Å²) in [5.74, 6) is 1.77. The predicted molar refractivity (Wildman–Crippen MR) is 80.3 cm³/mol. The van der Waals surface area contributed by atoms with Crippen molar-refractivity contribution in [2.24, 2.45) is 11.8 Å². The molecule has 21 heavy (non-hydrogen) atoms. The summed E-state index contributed by atoms with van der Waals surface area (Å²) in [6.07, 6.45) is 5.38. The molecule has 0 saturated heterocycles. The first kappa shape index (κ1) is 14.4. The molecule has 1 unspecified atom stereocenters. The lowest BCUT2D eigenvalue weighted by molar-refractivity contribution is 0.0920. The highest BCUT2D eigenvalue weighted by atomic mass is 16.5. The van der Waals surface area contributed by atoms with Crippen LogP contribution < -0.4 is 10.1 Å². The van der Waals surface area contributed by atoms with Gasteiger partial charge in [-0.05, 0) is 56.1 Å². The van der Waals surface area contributed by atoms with Crippen molar-refractivity contribution < 1.29 is 14.6 Å². The monoisotopic (exact) mass is 289 g/mol. The molecule has 1 amide bonds. The van der Waals surface area contributed by atoms with Crippen molar-refractivity contribution in [3.05, 3.63) is 29.8 Å². The van der Waals surface area contributed by atoms with E-state index < -0.39 is 0 Å². The first-order chi connectivity index (χ1) is 10.3. The number of hydrogen-bond donors (Lipinski definition) is 2. The van der Waals surface area contributed by atoms with Crippen LogP contribution in [0.5, 0.6) is 5.75 Å². The molecule has 0 bridgehead atoms. The normalized spacial score (nSPS) is 19.1. The molecule has 1 aromatic rings. The van der Waals surface area contributed by atoms with Crippen LogP contribution in [0.15, 0.2) is 24.3 Å². The van der Waals surface area contributed by atoms with Crippen LogP contribution in [-0.2, 0) is 0 Å². The van der Waals surface area contributed by atoms with Gasteiger partial charge < -0.3 is 15.2 Å². The minimum atomic E-state index is -0.0910. The van der Waals surface area contributed by atoms with E-state index >= 15 is 0 Å². The molecule has 3 rings (SSSR count). The molecular formula is C17H23NO3. The Balaban J connectivity index is 1.64. The van der Waals surface area contributed by atoms with Crippen molar-refractivity contribution >= 4 is 5.91 Å². The van der Waals surface area contributed by atoms with Crippen molar-refractivity contribution in [2.45, 2.75) is 38.1 Å². The fourth-order valence-electron chi connectivity index (χ4n) is 2.58. The van der Waals surface area contributed by atoms with Crippen LogP contribution in [0.3, 0.4) is 0 Å². The van der Waals surface area contributed by atoms with Crippen LogP contribution >= 0.6 is 0 Å². The highest BCUT2D eigenvalue weighted by molar-refractivity contribution is 5.97. The highest BCUT2D eigenvalue weighted by Crippen LogP contribution is 2.34. The maximum absolute atomic E-state index is 12.5. The third-order valence-electron chi connectivity index (χ3n) is 4.25. The molecule has 2 fully saturated rings. The van der Waals surface area contributed by atoms with E-state index in [4.69, 9.17) is 9.84 Å². The molecule has 114 valence electrons. The zero-order valence-electron chi connectivity index (χ0n) is 12.3. The van der Waals surface area contributed by atoms with E-state index in [9.17, 15) is 4.79 Å². The Kier molecular flexibility index (Phi) is 4.44. The van der Waals surface area contributed by atoms with Gasteiger partial charge in [0.15, 0.2) is 0 Å².